The highest BCUT2D eigenvalue weighted by Crippen LogP contribution is 2.21. The first-order valence-corrected chi connectivity index (χ1v) is 9.29. The minimum absolute atomic E-state index is 0.00322. The van der Waals surface area contributed by atoms with Crippen molar-refractivity contribution in [2.45, 2.75) is 39.8 Å². The summed E-state index contributed by atoms with van der Waals surface area (Å²) < 4.78 is 10.8. The fraction of sp³-hybridized carbons (Fsp3) is 0.318. The number of hydrogen-bond donors (Lipinski definition) is 0. The van der Waals surface area contributed by atoms with Gasteiger partial charge in [-0.15, -0.1) is 0 Å². The summed E-state index contributed by atoms with van der Waals surface area (Å²) in [5, 5.41) is 4.07. The number of carbonyl (C=O) groups is 1. The maximum absolute atomic E-state index is 12.9. The van der Waals surface area contributed by atoms with Crippen molar-refractivity contribution in [1.82, 2.24) is 15.0 Å². The molecule has 0 bridgehead atoms. The molecule has 2 aromatic carbocycles. The summed E-state index contributed by atoms with van der Waals surface area (Å²) in [7, 11) is 1.61. The van der Waals surface area contributed by atoms with Gasteiger partial charge in [-0.05, 0) is 32.9 Å². The van der Waals surface area contributed by atoms with E-state index >= 15 is 0 Å². The Balaban J connectivity index is 1.75. The number of hydrogen-bond acceptors (Lipinski definition) is 5. The molecule has 3 aromatic rings. The number of amides is 1. The Labute approximate surface area is 165 Å². The van der Waals surface area contributed by atoms with Crippen LogP contribution in [-0.2, 0) is 17.8 Å². The molecule has 0 unspecified atom stereocenters. The van der Waals surface area contributed by atoms with Crippen LogP contribution in [0.25, 0.3) is 11.4 Å². The van der Waals surface area contributed by atoms with E-state index in [1.807, 2.05) is 69.3 Å². The third-order valence-electron chi connectivity index (χ3n) is 4.53. The van der Waals surface area contributed by atoms with Crippen LogP contribution in [-0.4, -0.2) is 34.1 Å². The highest BCUT2D eigenvalue weighted by Gasteiger charge is 2.22. The highest BCUT2D eigenvalue weighted by molar-refractivity contribution is 5.79. The van der Waals surface area contributed by atoms with Gasteiger partial charge in [0.25, 0.3) is 0 Å². The van der Waals surface area contributed by atoms with Gasteiger partial charge in [0.05, 0.1) is 13.5 Å². The summed E-state index contributed by atoms with van der Waals surface area (Å²) in [5.74, 6) is 1.63. The lowest BCUT2D eigenvalue weighted by molar-refractivity contribution is -0.133. The number of rotatable bonds is 7. The first-order chi connectivity index (χ1) is 13.5. The first-order valence-electron chi connectivity index (χ1n) is 9.29. The molecular formula is C22H25N3O3. The molecular weight excluding hydrogens is 354 g/mol. The van der Waals surface area contributed by atoms with E-state index in [9.17, 15) is 4.79 Å². The summed E-state index contributed by atoms with van der Waals surface area (Å²) in [5.41, 5.74) is 2.87. The monoisotopic (exact) mass is 379 g/mol. The van der Waals surface area contributed by atoms with Gasteiger partial charge >= 0.3 is 0 Å². The van der Waals surface area contributed by atoms with Gasteiger partial charge in [0.1, 0.15) is 12.3 Å². The number of methoxy groups -OCH3 is 1. The zero-order valence-electron chi connectivity index (χ0n) is 16.7. The Morgan fingerprint density at radius 3 is 2.68 bits per heavy atom. The molecule has 0 fully saturated rings. The summed E-state index contributed by atoms with van der Waals surface area (Å²) in [6, 6.07) is 15.5. The van der Waals surface area contributed by atoms with Gasteiger partial charge in [-0.1, -0.05) is 47.1 Å². The Morgan fingerprint density at radius 1 is 1.18 bits per heavy atom. The maximum atomic E-state index is 12.9. The Kier molecular flexibility index (Phi) is 6.09. The second-order valence-corrected chi connectivity index (χ2v) is 6.99. The summed E-state index contributed by atoms with van der Waals surface area (Å²) in [4.78, 5) is 19.1. The second kappa shape index (κ2) is 8.69. The lowest BCUT2D eigenvalue weighted by Gasteiger charge is -2.25. The molecule has 3 rings (SSSR count). The van der Waals surface area contributed by atoms with Crippen LogP contribution in [0.4, 0.5) is 0 Å². The van der Waals surface area contributed by atoms with Gasteiger partial charge in [-0.3, -0.25) is 4.79 Å². The van der Waals surface area contributed by atoms with Crippen molar-refractivity contribution in [3.05, 3.63) is 65.5 Å². The lowest BCUT2D eigenvalue weighted by Crippen LogP contribution is -2.37. The number of carbonyl (C=O) groups excluding carboxylic acids is 1. The van der Waals surface area contributed by atoms with E-state index in [4.69, 9.17) is 9.26 Å². The van der Waals surface area contributed by atoms with Gasteiger partial charge in [0.15, 0.2) is 0 Å². The fourth-order valence-corrected chi connectivity index (χ4v) is 3.04. The topological polar surface area (TPSA) is 68.5 Å². The van der Waals surface area contributed by atoms with Gasteiger partial charge < -0.3 is 14.2 Å². The molecule has 0 aliphatic heterocycles. The van der Waals surface area contributed by atoms with Crippen molar-refractivity contribution in [1.29, 1.82) is 0 Å². The van der Waals surface area contributed by atoms with Gasteiger partial charge in [0.2, 0.25) is 17.6 Å². The van der Waals surface area contributed by atoms with E-state index in [0.717, 1.165) is 16.7 Å². The van der Waals surface area contributed by atoms with E-state index < -0.39 is 0 Å². The van der Waals surface area contributed by atoms with Crippen LogP contribution in [0.1, 0.15) is 30.9 Å². The average molecular weight is 379 g/mol. The quantitative estimate of drug-likeness (QED) is 0.620. The van der Waals surface area contributed by atoms with Crippen LogP contribution in [0, 0.1) is 6.92 Å². The Hall–Kier alpha value is -3.15. The zero-order valence-corrected chi connectivity index (χ0v) is 16.7. The molecule has 0 aliphatic rings. The number of nitrogens with zero attached hydrogens (tertiary/aromatic N) is 3. The number of aromatic nitrogens is 2. The Bertz CT molecular complexity index is 949. The first kappa shape index (κ1) is 19.6. The molecule has 0 saturated carbocycles. The van der Waals surface area contributed by atoms with E-state index in [1.54, 1.807) is 12.0 Å². The number of aryl methyl sites for hydroxylation is 1. The lowest BCUT2D eigenvalue weighted by atomic mass is 10.1. The van der Waals surface area contributed by atoms with E-state index in [1.165, 1.54) is 0 Å². The smallest absolute Gasteiger partial charge is 0.246 e. The minimum Gasteiger partial charge on any atom is -0.496 e. The molecule has 1 aromatic heterocycles. The van der Waals surface area contributed by atoms with Crippen molar-refractivity contribution in [3.8, 4) is 17.1 Å². The molecule has 1 heterocycles. The molecule has 0 saturated heterocycles. The molecule has 6 nitrogen and oxygen atoms in total. The standard InChI is InChI=1S/C22H25N3O3/c1-15(2)25(21(26)13-17-9-5-6-11-19(17)27-4)14-20-23-22(24-28-20)18-10-7-8-16(3)12-18/h5-12,15H,13-14H2,1-4H3. The molecule has 6 heteroatoms. The SMILES string of the molecule is COc1ccccc1CC(=O)N(Cc1nc(-c2cccc(C)c2)no1)C(C)C. The molecule has 0 aliphatic carbocycles. The molecule has 1 amide bonds. The minimum atomic E-state index is -0.0187. The van der Waals surface area contributed by atoms with E-state index in [2.05, 4.69) is 10.1 Å². The molecule has 0 atom stereocenters. The maximum Gasteiger partial charge on any atom is 0.246 e. The van der Waals surface area contributed by atoms with Gasteiger partial charge in [0, 0.05) is 17.2 Å². The Morgan fingerprint density at radius 2 is 1.96 bits per heavy atom. The molecule has 146 valence electrons. The largest absolute Gasteiger partial charge is 0.496 e. The fourth-order valence-electron chi connectivity index (χ4n) is 3.04. The zero-order chi connectivity index (χ0) is 20.1. The highest BCUT2D eigenvalue weighted by atomic mass is 16.5. The third-order valence-corrected chi connectivity index (χ3v) is 4.53. The number of para-hydroxylation sites is 1. The van der Waals surface area contributed by atoms with Crippen LogP contribution >= 0.6 is 0 Å². The van der Waals surface area contributed by atoms with Crippen molar-refractivity contribution < 1.29 is 14.1 Å². The van der Waals surface area contributed by atoms with E-state index in [-0.39, 0.29) is 24.9 Å². The number of benzene rings is 2. The van der Waals surface area contributed by atoms with Gasteiger partial charge in [-0.25, -0.2) is 0 Å². The predicted molar refractivity (Wildman–Crippen MR) is 107 cm³/mol. The molecule has 0 N–H and O–H groups in total. The molecule has 0 spiro atoms. The average Bonchev–Trinajstić information content (AvgIpc) is 3.15. The van der Waals surface area contributed by atoms with Crippen molar-refractivity contribution >= 4 is 5.91 Å². The predicted octanol–water partition coefficient (Wildman–Crippen LogP) is 4.03. The summed E-state index contributed by atoms with van der Waals surface area (Å²) >= 11 is 0. The molecule has 28 heavy (non-hydrogen) atoms. The second-order valence-electron chi connectivity index (χ2n) is 6.99. The number of ether oxygens (including phenoxy) is 1. The van der Waals surface area contributed by atoms with Crippen molar-refractivity contribution in [2.24, 2.45) is 0 Å². The van der Waals surface area contributed by atoms with Crippen LogP contribution < -0.4 is 4.74 Å². The summed E-state index contributed by atoms with van der Waals surface area (Å²) in [6.07, 6.45) is 0.251. The van der Waals surface area contributed by atoms with Crippen LogP contribution in [0.5, 0.6) is 5.75 Å². The van der Waals surface area contributed by atoms with Crippen LogP contribution in [0.3, 0.4) is 0 Å². The van der Waals surface area contributed by atoms with Crippen LogP contribution in [0.2, 0.25) is 0 Å². The third kappa shape index (κ3) is 4.57. The van der Waals surface area contributed by atoms with Crippen molar-refractivity contribution in [3.63, 3.8) is 0 Å². The van der Waals surface area contributed by atoms with Crippen LogP contribution in [0.15, 0.2) is 53.1 Å². The van der Waals surface area contributed by atoms with E-state index in [0.29, 0.717) is 17.5 Å². The summed E-state index contributed by atoms with van der Waals surface area (Å²) in [6.45, 7) is 6.22. The van der Waals surface area contributed by atoms with Crippen molar-refractivity contribution in [2.75, 3.05) is 7.11 Å². The molecule has 0 radical (unpaired) electrons. The normalized spacial score (nSPS) is 10.9. The van der Waals surface area contributed by atoms with Gasteiger partial charge in [-0.2, -0.15) is 4.98 Å².